The summed E-state index contributed by atoms with van der Waals surface area (Å²) in [7, 11) is 0. The zero-order valence-corrected chi connectivity index (χ0v) is 32.5. The van der Waals surface area contributed by atoms with Crippen LogP contribution in [0.2, 0.25) is 5.82 Å². The van der Waals surface area contributed by atoms with Gasteiger partial charge in [-0.2, -0.15) is 0 Å². The fourth-order valence-electron chi connectivity index (χ4n) is 9.57. The Kier molecular flexibility index (Phi) is 8.70. The first-order valence-corrected chi connectivity index (χ1v) is 20.5. The maximum absolute atomic E-state index is 2.56. The van der Waals surface area contributed by atoms with Crippen molar-refractivity contribution in [3.63, 3.8) is 0 Å². The minimum absolute atomic E-state index is 0.162. The summed E-state index contributed by atoms with van der Waals surface area (Å²) in [6, 6.07) is 76.9. The van der Waals surface area contributed by atoms with Crippen LogP contribution in [0.15, 0.2) is 237 Å². The van der Waals surface area contributed by atoms with E-state index in [1.165, 1.54) is 33.7 Å². The van der Waals surface area contributed by atoms with Gasteiger partial charge < -0.3 is 19.6 Å². The lowest BCUT2D eigenvalue weighted by molar-refractivity contribution is 0.765. The number of para-hydroxylation sites is 5. The zero-order valence-electron chi connectivity index (χ0n) is 32.5. The first-order valence-electron chi connectivity index (χ1n) is 20.5. The molecule has 0 N–H and O–H groups in total. The third kappa shape index (κ3) is 6.02. The molecule has 11 rings (SSSR count). The molecule has 0 spiro atoms. The molecule has 4 nitrogen and oxygen atoms in total. The van der Waals surface area contributed by atoms with E-state index in [1.54, 1.807) is 0 Å². The van der Waals surface area contributed by atoms with Gasteiger partial charge in [0.2, 0.25) is 6.71 Å². The maximum Gasteiger partial charge on any atom is 0.226 e. The fourth-order valence-corrected chi connectivity index (χ4v) is 9.57. The molecule has 59 heavy (non-hydrogen) atoms. The molecular formula is C54H41BN4. The van der Waals surface area contributed by atoms with Gasteiger partial charge in [-0.15, -0.1) is 0 Å². The Hall–Kier alpha value is -7.50. The quantitative estimate of drug-likeness (QED) is 0.143. The van der Waals surface area contributed by atoms with Crippen molar-refractivity contribution in [1.29, 1.82) is 0 Å². The van der Waals surface area contributed by atoms with Gasteiger partial charge in [-0.05, 0) is 120 Å². The highest BCUT2D eigenvalue weighted by Gasteiger charge is 2.48. The Morgan fingerprint density at radius 2 is 0.847 bits per heavy atom. The van der Waals surface area contributed by atoms with Crippen molar-refractivity contribution in [1.82, 2.24) is 0 Å². The lowest BCUT2D eigenvalue weighted by Crippen LogP contribution is -2.61. The molecule has 3 aliphatic rings. The Morgan fingerprint density at radius 3 is 1.46 bits per heavy atom. The average Bonchev–Trinajstić information content (AvgIpc) is 3.31. The van der Waals surface area contributed by atoms with Crippen LogP contribution in [0.1, 0.15) is 0 Å². The molecule has 2 atom stereocenters. The fraction of sp³-hybridized carbons (Fsp3) is 0.0370. The van der Waals surface area contributed by atoms with Gasteiger partial charge in [-0.1, -0.05) is 133 Å². The van der Waals surface area contributed by atoms with Crippen molar-refractivity contribution in [3.8, 4) is 0 Å². The molecule has 8 aromatic rings. The summed E-state index contributed by atoms with van der Waals surface area (Å²) in [6.07, 6.45) is 9.29. The largest absolute Gasteiger partial charge is 0.335 e. The zero-order chi connectivity index (χ0) is 39.1. The van der Waals surface area contributed by atoms with Crippen LogP contribution in [0.25, 0.3) is 0 Å². The van der Waals surface area contributed by atoms with E-state index in [0.29, 0.717) is 0 Å². The number of hydrogen-bond donors (Lipinski definition) is 0. The van der Waals surface area contributed by atoms with Gasteiger partial charge in [0, 0.05) is 62.6 Å². The molecule has 8 aromatic carbocycles. The first kappa shape index (κ1) is 34.7. The molecule has 0 amide bonds. The minimum Gasteiger partial charge on any atom is -0.335 e. The number of fused-ring (bicyclic) bond motifs is 4. The number of allylic oxidation sites excluding steroid dienone is 2. The summed E-state index contributed by atoms with van der Waals surface area (Å²) in [4.78, 5) is 9.78. The monoisotopic (exact) mass is 756 g/mol. The van der Waals surface area contributed by atoms with Gasteiger partial charge in [0.1, 0.15) is 0 Å². The predicted octanol–water partition coefficient (Wildman–Crippen LogP) is 13.0. The summed E-state index contributed by atoms with van der Waals surface area (Å²) in [5, 5.41) is 0. The molecule has 1 aliphatic carbocycles. The van der Waals surface area contributed by atoms with Crippen LogP contribution in [0.4, 0.5) is 62.6 Å². The summed E-state index contributed by atoms with van der Waals surface area (Å²) < 4.78 is 0. The standard InChI is InChI=1S/C54H41BN4/c1-6-20-40(21-7-1)56(41-22-8-2-9-23-41)45-30-18-31-46(38-45)57(42-24-10-3-11-25-42)47-36-37-49-53(39-47)59(44-28-14-5-15-29-44)52-35-19-34-51-54(52)55(49)48-32-16-17-33-50(48)58(51)43-26-12-4-13-27-43/h1-39,48,50H. The molecule has 2 heterocycles. The van der Waals surface area contributed by atoms with Crippen molar-refractivity contribution in [2.75, 3.05) is 19.6 Å². The molecule has 2 aliphatic heterocycles. The molecule has 280 valence electrons. The highest BCUT2D eigenvalue weighted by molar-refractivity contribution is 6.91. The van der Waals surface area contributed by atoms with Crippen molar-refractivity contribution in [2.45, 2.75) is 11.9 Å². The van der Waals surface area contributed by atoms with Gasteiger partial charge in [0.25, 0.3) is 0 Å². The number of hydrogen-bond acceptors (Lipinski definition) is 4. The highest BCUT2D eigenvalue weighted by atomic mass is 15.2. The van der Waals surface area contributed by atoms with Crippen molar-refractivity contribution >= 4 is 80.2 Å². The minimum atomic E-state index is 0.162. The smallest absolute Gasteiger partial charge is 0.226 e. The van der Waals surface area contributed by atoms with Gasteiger partial charge in [0.15, 0.2) is 0 Å². The maximum atomic E-state index is 2.56. The average molecular weight is 757 g/mol. The van der Waals surface area contributed by atoms with Crippen LogP contribution in [-0.2, 0) is 0 Å². The SMILES string of the molecule is C1=CC2B3c4ccc(N(c5ccccc5)c5cccc(N(c6ccccc6)c6ccccc6)c5)cc4N(c4ccccc4)c4cccc(c43)N(c3ccccc3)C2C=C1. The van der Waals surface area contributed by atoms with Crippen LogP contribution in [-0.4, -0.2) is 12.8 Å². The summed E-state index contributed by atoms with van der Waals surface area (Å²) >= 11 is 0. The Bertz CT molecular complexity index is 2770. The number of benzene rings is 8. The molecular weight excluding hydrogens is 715 g/mol. The summed E-state index contributed by atoms with van der Waals surface area (Å²) in [6.45, 7) is 0.162. The van der Waals surface area contributed by atoms with Crippen LogP contribution >= 0.6 is 0 Å². The van der Waals surface area contributed by atoms with E-state index < -0.39 is 0 Å². The van der Waals surface area contributed by atoms with E-state index in [1.807, 2.05) is 0 Å². The van der Waals surface area contributed by atoms with Crippen molar-refractivity contribution in [2.24, 2.45) is 0 Å². The van der Waals surface area contributed by atoms with Crippen LogP contribution in [0.5, 0.6) is 0 Å². The van der Waals surface area contributed by atoms with E-state index in [-0.39, 0.29) is 18.6 Å². The summed E-state index contributed by atoms with van der Waals surface area (Å²) in [5.74, 6) is 0.236. The molecule has 2 unspecified atom stereocenters. The summed E-state index contributed by atoms with van der Waals surface area (Å²) in [5.41, 5.74) is 15.3. The molecule has 5 heteroatoms. The van der Waals surface area contributed by atoms with Gasteiger partial charge in [-0.25, -0.2) is 0 Å². The molecule has 0 fully saturated rings. The second-order valence-corrected chi connectivity index (χ2v) is 15.3. The topological polar surface area (TPSA) is 13.0 Å². The Labute approximate surface area is 346 Å². The first-order chi connectivity index (χ1) is 29.3. The van der Waals surface area contributed by atoms with Crippen molar-refractivity contribution in [3.05, 3.63) is 237 Å². The number of nitrogens with zero attached hydrogens (tertiary/aromatic N) is 4. The van der Waals surface area contributed by atoms with E-state index in [2.05, 4.69) is 256 Å². The highest BCUT2D eigenvalue weighted by Crippen LogP contribution is 2.49. The second kappa shape index (κ2) is 14.8. The Balaban J connectivity index is 1.11. The Morgan fingerprint density at radius 1 is 0.373 bits per heavy atom. The normalized spacial score (nSPS) is 15.9. The predicted molar refractivity (Wildman–Crippen MR) is 250 cm³/mol. The molecule has 0 saturated carbocycles. The van der Waals surface area contributed by atoms with Crippen LogP contribution < -0.4 is 30.5 Å². The molecule has 0 bridgehead atoms. The molecule has 0 radical (unpaired) electrons. The van der Waals surface area contributed by atoms with E-state index in [0.717, 1.165) is 39.8 Å². The molecule has 0 aromatic heterocycles. The third-order valence-corrected chi connectivity index (χ3v) is 12.0. The molecule has 0 saturated heterocycles. The van der Waals surface area contributed by atoms with Gasteiger partial charge >= 0.3 is 0 Å². The lowest BCUT2D eigenvalue weighted by atomic mass is 9.29. The van der Waals surface area contributed by atoms with Crippen molar-refractivity contribution < 1.29 is 0 Å². The van der Waals surface area contributed by atoms with Gasteiger partial charge in [-0.3, -0.25) is 0 Å². The lowest BCUT2D eigenvalue weighted by Gasteiger charge is -2.50. The van der Waals surface area contributed by atoms with E-state index in [9.17, 15) is 0 Å². The third-order valence-electron chi connectivity index (χ3n) is 12.0. The van der Waals surface area contributed by atoms with E-state index >= 15 is 0 Å². The second-order valence-electron chi connectivity index (χ2n) is 15.3. The number of anilines is 11. The van der Waals surface area contributed by atoms with Gasteiger partial charge in [0.05, 0.1) is 6.04 Å². The van der Waals surface area contributed by atoms with Crippen LogP contribution in [0.3, 0.4) is 0 Å². The van der Waals surface area contributed by atoms with E-state index in [4.69, 9.17) is 0 Å². The van der Waals surface area contributed by atoms with Crippen LogP contribution in [0, 0.1) is 0 Å². The number of rotatable bonds is 8.